The van der Waals surface area contributed by atoms with Gasteiger partial charge in [-0.05, 0) is 23.6 Å². The largest absolute Gasteiger partial charge is 0.333 e. The predicted molar refractivity (Wildman–Crippen MR) is 97.1 cm³/mol. The molecule has 0 atom stereocenters. The fourth-order valence-corrected chi connectivity index (χ4v) is 4.30. The maximum absolute atomic E-state index is 12.6. The molecule has 3 aromatic rings. The molecule has 0 saturated heterocycles. The van der Waals surface area contributed by atoms with Gasteiger partial charge in [0.15, 0.2) is 5.13 Å². The van der Waals surface area contributed by atoms with Gasteiger partial charge in [0.05, 0.1) is 22.7 Å². The van der Waals surface area contributed by atoms with E-state index >= 15 is 0 Å². The number of thiophene rings is 1. The molecular formula is C17H14N4O2S2. The normalized spacial score (nSPS) is 13.4. The Morgan fingerprint density at radius 1 is 1.24 bits per heavy atom. The van der Waals surface area contributed by atoms with E-state index in [0.29, 0.717) is 35.1 Å². The topological polar surface area (TPSA) is 75.2 Å². The number of amides is 2. The van der Waals surface area contributed by atoms with E-state index in [4.69, 9.17) is 0 Å². The molecule has 0 bridgehead atoms. The number of rotatable bonds is 3. The first-order valence-corrected chi connectivity index (χ1v) is 9.43. The average Bonchev–Trinajstić information content (AvgIpc) is 3.30. The fourth-order valence-electron chi connectivity index (χ4n) is 2.66. The van der Waals surface area contributed by atoms with Gasteiger partial charge in [-0.25, -0.2) is 4.98 Å². The van der Waals surface area contributed by atoms with Crippen LogP contribution in [0.4, 0.5) is 5.13 Å². The molecular weight excluding hydrogens is 356 g/mol. The molecule has 1 N–H and O–H groups in total. The van der Waals surface area contributed by atoms with Crippen molar-refractivity contribution in [3.63, 3.8) is 0 Å². The molecule has 0 saturated carbocycles. The Hall–Kier alpha value is -2.58. The fraction of sp³-hybridized carbons (Fsp3) is 0.176. The standard InChI is InChI=1S/C17H14N4O2S2/c22-15(13-4-2-8-24-13)20-17-19-12-5-7-21(10-14(12)25-17)16(23)11-3-1-6-18-9-11/h1-4,6,8-9H,5,7,10H2,(H,19,20,22). The number of nitrogens with one attached hydrogen (secondary N) is 1. The molecule has 126 valence electrons. The number of aromatic nitrogens is 2. The van der Waals surface area contributed by atoms with Crippen molar-refractivity contribution in [2.24, 2.45) is 0 Å². The van der Waals surface area contributed by atoms with Gasteiger partial charge in [0.2, 0.25) is 0 Å². The van der Waals surface area contributed by atoms with Gasteiger partial charge in [0.25, 0.3) is 11.8 Å². The van der Waals surface area contributed by atoms with Gasteiger partial charge in [-0.15, -0.1) is 11.3 Å². The molecule has 0 aromatic carbocycles. The van der Waals surface area contributed by atoms with Crippen LogP contribution in [0.2, 0.25) is 0 Å². The Bertz CT molecular complexity index is 906. The Morgan fingerprint density at radius 3 is 2.92 bits per heavy atom. The second-order valence-electron chi connectivity index (χ2n) is 5.54. The van der Waals surface area contributed by atoms with Crippen molar-refractivity contribution in [1.29, 1.82) is 0 Å². The minimum atomic E-state index is -0.149. The Balaban J connectivity index is 1.48. The lowest BCUT2D eigenvalue weighted by molar-refractivity contribution is 0.0735. The lowest BCUT2D eigenvalue weighted by atomic mass is 10.1. The van der Waals surface area contributed by atoms with Gasteiger partial charge < -0.3 is 4.90 Å². The van der Waals surface area contributed by atoms with Crippen LogP contribution in [0.15, 0.2) is 42.0 Å². The number of nitrogens with zero attached hydrogens (tertiary/aromatic N) is 3. The van der Waals surface area contributed by atoms with Crippen molar-refractivity contribution < 1.29 is 9.59 Å². The van der Waals surface area contributed by atoms with Crippen LogP contribution in [-0.2, 0) is 13.0 Å². The van der Waals surface area contributed by atoms with Gasteiger partial charge >= 0.3 is 0 Å². The molecule has 0 unspecified atom stereocenters. The summed E-state index contributed by atoms with van der Waals surface area (Å²) in [5.74, 6) is -0.180. The third-order valence-electron chi connectivity index (χ3n) is 3.89. The van der Waals surface area contributed by atoms with E-state index in [2.05, 4.69) is 15.3 Å². The summed E-state index contributed by atoms with van der Waals surface area (Å²) in [6, 6.07) is 7.15. The summed E-state index contributed by atoms with van der Waals surface area (Å²) in [4.78, 5) is 36.7. The SMILES string of the molecule is O=C(Nc1nc2c(s1)CN(C(=O)c1cccnc1)CC2)c1cccs1. The molecule has 0 aliphatic carbocycles. The zero-order valence-corrected chi connectivity index (χ0v) is 14.8. The second kappa shape index (κ2) is 6.73. The predicted octanol–water partition coefficient (Wildman–Crippen LogP) is 3.05. The smallest absolute Gasteiger partial charge is 0.267 e. The van der Waals surface area contributed by atoms with Crippen molar-refractivity contribution in [3.8, 4) is 0 Å². The minimum absolute atomic E-state index is 0.0312. The van der Waals surface area contributed by atoms with E-state index < -0.39 is 0 Å². The molecule has 8 heteroatoms. The zero-order chi connectivity index (χ0) is 17.2. The number of carbonyl (C=O) groups is 2. The van der Waals surface area contributed by atoms with Crippen molar-refractivity contribution >= 4 is 39.6 Å². The summed E-state index contributed by atoms with van der Waals surface area (Å²) in [6.45, 7) is 1.12. The van der Waals surface area contributed by atoms with Crippen molar-refractivity contribution in [3.05, 3.63) is 63.1 Å². The molecule has 1 aliphatic rings. The number of hydrogen-bond acceptors (Lipinski definition) is 6. The monoisotopic (exact) mass is 370 g/mol. The van der Waals surface area contributed by atoms with Crippen LogP contribution in [0.3, 0.4) is 0 Å². The molecule has 4 heterocycles. The summed E-state index contributed by atoms with van der Waals surface area (Å²) in [6.07, 6.45) is 3.92. The van der Waals surface area contributed by atoms with Crippen LogP contribution in [-0.4, -0.2) is 33.2 Å². The summed E-state index contributed by atoms with van der Waals surface area (Å²) in [7, 11) is 0. The first-order valence-electron chi connectivity index (χ1n) is 7.73. The number of carbonyl (C=O) groups excluding carboxylic acids is 2. The highest BCUT2D eigenvalue weighted by molar-refractivity contribution is 7.16. The zero-order valence-electron chi connectivity index (χ0n) is 13.1. The minimum Gasteiger partial charge on any atom is -0.333 e. The first kappa shape index (κ1) is 15.9. The molecule has 6 nitrogen and oxygen atoms in total. The highest BCUT2D eigenvalue weighted by Crippen LogP contribution is 2.29. The molecule has 1 aliphatic heterocycles. The quantitative estimate of drug-likeness (QED) is 0.769. The molecule has 2 amide bonds. The van der Waals surface area contributed by atoms with Crippen molar-refractivity contribution in [2.75, 3.05) is 11.9 Å². The molecule has 3 aromatic heterocycles. The number of anilines is 1. The van der Waals surface area contributed by atoms with Gasteiger partial charge in [-0.3, -0.25) is 19.9 Å². The Kier molecular flexibility index (Phi) is 4.29. The van der Waals surface area contributed by atoms with Gasteiger partial charge in [-0.2, -0.15) is 0 Å². The maximum Gasteiger partial charge on any atom is 0.267 e. The lowest BCUT2D eigenvalue weighted by Crippen LogP contribution is -2.35. The molecule has 25 heavy (non-hydrogen) atoms. The van der Waals surface area contributed by atoms with Gasteiger partial charge in [0, 0.05) is 30.2 Å². The molecule has 0 fully saturated rings. The van der Waals surface area contributed by atoms with E-state index in [0.717, 1.165) is 10.6 Å². The Labute approximate surface area is 152 Å². The maximum atomic E-state index is 12.6. The van der Waals surface area contributed by atoms with Crippen LogP contribution in [0, 0.1) is 0 Å². The first-order chi connectivity index (χ1) is 12.2. The summed E-state index contributed by atoms with van der Waals surface area (Å²) < 4.78 is 0. The summed E-state index contributed by atoms with van der Waals surface area (Å²) >= 11 is 2.82. The van der Waals surface area contributed by atoms with Crippen LogP contribution in [0.25, 0.3) is 0 Å². The summed E-state index contributed by atoms with van der Waals surface area (Å²) in [5, 5.41) is 5.29. The highest BCUT2D eigenvalue weighted by Gasteiger charge is 2.25. The second-order valence-corrected chi connectivity index (χ2v) is 7.57. The Morgan fingerprint density at radius 2 is 2.16 bits per heavy atom. The van der Waals surface area contributed by atoms with Crippen LogP contribution < -0.4 is 5.32 Å². The van der Waals surface area contributed by atoms with E-state index in [1.165, 1.54) is 22.7 Å². The third kappa shape index (κ3) is 3.31. The average molecular weight is 370 g/mol. The van der Waals surface area contributed by atoms with E-state index in [1.807, 2.05) is 11.4 Å². The number of thiazole rings is 1. The number of fused-ring (bicyclic) bond motifs is 1. The highest BCUT2D eigenvalue weighted by atomic mass is 32.1. The third-order valence-corrected chi connectivity index (χ3v) is 5.76. The number of hydrogen-bond donors (Lipinski definition) is 1. The van der Waals surface area contributed by atoms with Crippen LogP contribution in [0.5, 0.6) is 0 Å². The summed E-state index contributed by atoms with van der Waals surface area (Å²) in [5.41, 5.74) is 1.54. The number of pyridine rings is 1. The van der Waals surface area contributed by atoms with Gasteiger partial charge in [-0.1, -0.05) is 17.4 Å². The van der Waals surface area contributed by atoms with Crippen molar-refractivity contribution in [1.82, 2.24) is 14.9 Å². The van der Waals surface area contributed by atoms with Gasteiger partial charge in [0.1, 0.15) is 0 Å². The lowest BCUT2D eigenvalue weighted by Gasteiger charge is -2.25. The van der Waals surface area contributed by atoms with Crippen molar-refractivity contribution in [2.45, 2.75) is 13.0 Å². The molecule has 0 spiro atoms. The van der Waals surface area contributed by atoms with E-state index in [-0.39, 0.29) is 11.8 Å². The van der Waals surface area contributed by atoms with E-state index in [1.54, 1.807) is 35.5 Å². The van der Waals surface area contributed by atoms with Crippen LogP contribution in [0.1, 0.15) is 30.6 Å². The van der Waals surface area contributed by atoms with E-state index in [9.17, 15) is 9.59 Å². The molecule has 4 rings (SSSR count). The molecule has 0 radical (unpaired) electrons. The van der Waals surface area contributed by atoms with Crippen LogP contribution >= 0.6 is 22.7 Å².